The zero-order valence-corrected chi connectivity index (χ0v) is 14.3. The van der Waals surface area contributed by atoms with E-state index in [1.807, 2.05) is 12.1 Å². The second kappa shape index (κ2) is 6.15. The number of hydrogen-bond donors (Lipinski definition) is 1. The van der Waals surface area contributed by atoms with Crippen molar-refractivity contribution in [3.63, 3.8) is 0 Å². The Labute approximate surface area is 146 Å². The van der Waals surface area contributed by atoms with Gasteiger partial charge in [-0.3, -0.25) is 14.5 Å². The van der Waals surface area contributed by atoms with Gasteiger partial charge >= 0.3 is 0 Å². The summed E-state index contributed by atoms with van der Waals surface area (Å²) in [4.78, 5) is 30.4. The zero-order chi connectivity index (χ0) is 17.6. The summed E-state index contributed by atoms with van der Waals surface area (Å²) in [7, 11) is 1.59. The number of fused-ring (bicyclic) bond motifs is 4. The van der Waals surface area contributed by atoms with Gasteiger partial charge in [0.1, 0.15) is 5.75 Å². The summed E-state index contributed by atoms with van der Waals surface area (Å²) in [5.74, 6) is 1.69. The van der Waals surface area contributed by atoms with Gasteiger partial charge in [0.15, 0.2) is 5.78 Å². The van der Waals surface area contributed by atoms with E-state index < -0.39 is 0 Å². The molecule has 0 radical (unpaired) electrons. The number of aromatic nitrogens is 1. The lowest BCUT2D eigenvalue weighted by Crippen LogP contribution is -2.55. The fourth-order valence-corrected chi connectivity index (χ4v) is 4.35. The number of H-pyrrole nitrogens is 1. The van der Waals surface area contributed by atoms with Crippen molar-refractivity contribution in [2.75, 3.05) is 20.2 Å². The van der Waals surface area contributed by atoms with Crippen molar-refractivity contribution in [2.24, 2.45) is 11.8 Å². The van der Waals surface area contributed by atoms with E-state index in [4.69, 9.17) is 4.74 Å². The number of carbonyl (C=O) groups excluding carboxylic acids is 1. The molecule has 2 aromatic rings. The molecular formula is C20H22N2O3. The fraction of sp³-hybridized carbons (Fsp3) is 0.400. The van der Waals surface area contributed by atoms with Gasteiger partial charge in [-0.1, -0.05) is 6.08 Å². The van der Waals surface area contributed by atoms with Crippen LogP contribution in [-0.4, -0.2) is 41.9 Å². The molecule has 0 saturated carbocycles. The number of Topliss-reactive ketones (excluding diaryl/α,β-unsaturated/α-hetero) is 1. The molecule has 130 valence electrons. The number of nitrogens with one attached hydrogen (secondary N) is 1. The maximum absolute atomic E-state index is 13.3. The molecule has 3 fully saturated rings. The Kier molecular flexibility index (Phi) is 3.96. The summed E-state index contributed by atoms with van der Waals surface area (Å²) < 4.78 is 5.29. The first-order chi connectivity index (χ1) is 12.1. The van der Waals surface area contributed by atoms with Crippen LogP contribution in [0.25, 0.3) is 10.9 Å². The molecule has 3 aliphatic rings. The van der Waals surface area contributed by atoms with Crippen LogP contribution in [0.1, 0.15) is 23.2 Å². The highest BCUT2D eigenvalue weighted by molar-refractivity contribution is 6.10. The highest BCUT2D eigenvalue weighted by Gasteiger charge is 2.42. The van der Waals surface area contributed by atoms with Crippen LogP contribution in [0.4, 0.5) is 0 Å². The quantitative estimate of drug-likeness (QED) is 0.688. The largest absolute Gasteiger partial charge is 0.497 e. The molecule has 3 aliphatic heterocycles. The minimum Gasteiger partial charge on any atom is -0.497 e. The molecule has 4 atom stereocenters. The molecule has 0 aliphatic carbocycles. The van der Waals surface area contributed by atoms with Gasteiger partial charge in [0.25, 0.3) is 0 Å². The van der Waals surface area contributed by atoms with Gasteiger partial charge < -0.3 is 9.72 Å². The first-order valence-electron chi connectivity index (χ1n) is 8.72. The number of aromatic amines is 1. The summed E-state index contributed by atoms with van der Waals surface area (Å²) >= 11 is 0. The number of hydrogen-bond acceptors (Lipinski definition) is 4. The van der Waals surface area contributed by atoms with Crippen molar-refractivity contribution < 1.29 is 9.53 Å². The first-order valence-corrected chi connectivity index (χ1v) is 8.72. The molecule has 1 aromatic carbocycles. The first kappa shape index (κ1) is 16.1. The Balaban J connectivity index is 1.75. The second-order valence-electron chi connectivity index (χ2n) is 7.02. The highest BCUT2D eigenvalue weighted by atomic mass is 16.5. The maximum atomic E-state index is 13.3. The maximum Gasteiger partial charge on any atom is 0.249 e. The molecule has 0 spiro atoms. The molecule has 1 unspecified atom stereocenters. The van der Waals surface area contributed by atoms with E-state index in [1.54, 1.807) is 19.2 Å². The molecule has 2 bridgehead atoms. The summed E-state index contributed by atoms with van der Waals surface area (Å²) in [5.41, 5.74) is 0.905. The third kappa shape index (κ3) is 2.68. The van der Waals surface area contributed by atoms with Crippen molar-refractivity contribution in [1.29, 1.82) is 0 Å². The smallest absolute Gasteiger partial charge is 0.249 e. The number of rotatable bonds is 4. The van der Waals surface area contributed by atoms with Gasteiger partial charge in [-0.15, -0.1) is 6.58 Å². The van der Waals surface area contributed by atoms with E-state index in [2.05, 4.69) is 16.5 Å². The standard InChI is InChI=1S/C20H22N2O3/c1-3-12-11-22-7-6-13(12)8-18(22)20(24)16-10-19(23)21-17-5-4-14(25-2)9-15(16)17/h3-5,9-10,12-13,18H,1,6-8,11H2,2H3,(H,21,23)/t12-,13-,18+/m0/s1. The van der Waals surface area contributed by atoms with Gasteiger partial charge in [-0.2, -0.15) is 0 Å². The number of pyridine rings is 1. The van der Waals surface area contributed by atoms with Crippen LogP contribution in [-0.2, 0) is 0 Å². The number of methoxy groups -OCH3 is 1. The second-order valence-corrected chi connectivity index (χ2v) is 7.02. The predicted octanol–water partition coefficient (Wildman–Crippen LogP) is 2.62. The lowest BCUT2D eigenvalue weighted by molar-refractivity contribution is 0.0205. The van der Waals surface area contributed by atoms with E-state index in [9.17, 15) is 9.59 Å². The van der Waals surface area contributed by atoms with Crippen LogP contribution in [0.3, 0.4) is 0 Å². The number of ether oxygens (including phenoxy) is 1. The average molecular weight is 338 g/mol. The van der Waals surface area contributed by atoms with Crippen molar-refractivity contribution in [3.8, 4) is 5.75 Å². The Morgan fingerprint density at radius 2 is 2.24 bits per heavy atom. The van der Waals surface area contributed by atoms with E-state index in [1.165, 1.54) is 6.07 Å². The minimum absolute atomic E-state index is 0.0385. The topological polar surface area (TPSA) is 62.4 Å². The molecular weight excluding hydrogens is 316 g/mol. The fourth-order valence-electron chi connectivity index (χ4n) is 4.35. The van der Waals surface area contributed by atoms with Crippen LogP contribution >= 0.6 is 0 Å². The predicted molar refractivity (Wildman–Crippen MR) is 97.2 cm³/mol. The Morgan fingerprint density at radius 3 is 2.92 bits per heavy atom. The number of carbonyl (C=O) groups is 1. The number of ketones is 1. The summed E-state index contributed by atoms with van der Waals surface area (Å²) in [6, 6.07) is 6.67. The third-order valence-corrected chi connectivity index (χ3v) is 5.73. The molecule has 3 saturated heterocycles. The van der Waals surface area contributed by atoms with Crippen molar-refractivity contribution in [3.05, 3.63) is 52.8 Å². The molecule has 1 N–H and O–H groups in total. The van der Waals surface area contributed by atoms with Crippen LogP contribution in [0.2, 0.25) is 0 Å². The third-order valence-electron chi connectivity index (χ3n) is 5.73. The van der Waals surface area contributed by atoms with E-state index in [0.29, 0.717) is 28.7 Å². The van der Waals surface area contributed by atoms with Crippen LogP contribution < -0.4 is 10.3 Å². The minimum atomic E-state index is -0.249. The van der Waals surface area contributed by atoms with Crippen molar-refractivity contribution in [1.82, 2.24) is 9.88 Å². The molecule has 5 heteroatoms. The van der Waals surface area contributed by atoms with Gasteiger partial charge in [-0.05, 0) is 49.4 Å². The van der Waals surface area contributed by atoms with Gasteiger partial charge in [0.05, 0.1) is 13.2 Å². The van der Waals surface area contributed by atoms with Crippen LogP contribution in [0.15, 0.2) is 41.7 Å². The Morgan fingerprint density at radius 1 is 1.40 bits per heavy atom. The average Bonchev–Trinajstić information content (AvgIpc) is 2.66. The summed E-state index contributed by atoms with van der Waals surface area (Å²) in [6.07, 6.45) is 3.98. The lowest BCUT2D eigenvalue weighted by Gasteiger charge is -2.48. The molecule has 25 heavy (non-hydrogen) atoms. The highest BCUT2D eigenvalue weighted by Crippen LogP contribution is 2.38. The van der Waals surface area contributed by atoms with Gasteiger partial charge in [-0.25, -0.2) is 0 Å². The number of nitrogens with zero attached hydrogens (tertiary/aromatic N) is 1. The van der Waals surface area contributed by atoms with Gasteiger partial charge in [0.2, 0.25) is 5.56 Å². The van der Waals surface area contributed by atoms with Crippen LogP contribution in [0, 0.1) is 11.8 Å². The number of benzene rings is 1. The van der Waals surface area contributed by atoms with Crippen molar-refractivity contribution in [2.45, 2.75) is 18.9 Å². The SMILES string of the molecule is C=C[C@H]1CN2CC[C@H]1C[C@@H]2C(=O)c1cc(=O)[nH]c2ccc(OC)cc12. The molecule has 5 rings (SSSR count). The lowest BCUT2D eigenvalue weighted by atomic mass is 9.74. The van der Waals surface area contributed by atoms with E-state index in [0.717, 1.165) is 31.3 Å². The van der Waals surface area contributed by atoms with E-state index in [-0.39, 0.29) is 17.4 Å². The summed E-state index contributed by atoms with van der Waals surface area (Å²) in [6.45, 7) is 5.76. The molecule has 0 amide bonds. The molecule has 5 nitrogen and oxygen atoms in total. The monoisotopic (exact) mass is 338 g/mol. The molecule has 4 heterocycles. The summed E-state index contributed by atoms with van der Waals surface area (Å²) in [5, 5.41) is 0.742. The van der Waals surface area contributed by atoms with E-state index >= 15 is 0 Å². The zero-order valence-electron chi connectivity index (χ0n) is 14.3. The Hall–Kier alpha value is -2.40. The molecule has 1 aromatic heterocycles. The Bertz CT molecular complexity index is 901. The van der Waals surface area contributed by atoms with Gasteiger partial charge in [0, 0.05) is 29.1 Å². The normalized spacial score (nSPS) is 28.0. The number of piperidine rings is 3. The van der Waals surface area contributed by atoms with Crippen molar-refractivity contribution >= 4 is 16.7 Å². The van der Waals surface area contributed by atoms with Crippen LogP contribution in [0.5, 0.6) is 5.75 Å².